The second-order valence-electron chi connectivity index (χ2n) is 9.93. The summed E-state index contributed by atoms with van der Waals surface area (Å²) in [6.07, 6.45) is 1.50. The van der Waals surface area contributed by atoms with Gasteiger partial charge in [-0.15, -0.1) is 0 Å². The molecule has 2 unspecified atom stereocenters. The van der Waals surface area contributed by atoms with E-state index in [1.807, 2.05) is 30.3 Å². The molecule has 0 spiro atoms. The van der Waals surface area contributed by atoms with E-state index in [1.165, 1.54) is 12.1 Å². The second-order valence-corrected chi connectivity index (χ2v) is 9.93. The lowest BCUT2D eigenvalue weighted by Gasteiger charge is -2.39. The summed E-state index contributed by atoms with van der Waals surface area (Å²) in [7, 11) is 3.37. The molecule has 1 heterocycles. The lowest BCUT2D eigenvalue weighted by molar-refractivity contribution is -0.141. The lowest BCUT2D eigenvalue weighted by atomic mass is 9.68. The van der Waals surface area contributed by atoms with Gasteiger partial charge < -0.3 is 19.5 Å². The van der Waals surface area contributed by atoms with Crippen molar-refractivity contribution in [1.29, 1.82) is 0 Å². The van der Waals surface area contributed by atoms with Gasteiger partial charge in [0, 0.05) is 62.7 Å². The van der Waals surface area contributed by atoms with Crippen molar-refractivity contribution in [2.75, 3.05) is 32.2 Å². The SMILES string of the molecule is COC(OC)C1CCN(c2ccc(C3c4ccc(O)cc4C(F)(F)CC3c3ccccc3)cc2)CC1. The van der Waals surface area contributed by atoms with Gasteiger partial charge in [-0.2, -0.15) is 0 Å². The zero-order chi connectivity index (χ0) is 25.3. The van der Waals surface area contributed by atoms with Crippen molar-refractivity contribution in [2.45, 2.75) is 43.3 Å². The van der Waals surface area contributed by atoms with Crippen LogP contribution in [0.5, 0.6) is 5.75 Å². The first-order chi connectivity index (χ1) is 17.4. The molecule has 3 aromatic rings. The summed E-state index contributed by atoms with van der Waals surface area (Å²) in [5.74, 6) is -3.38. The maximum absolute atomic E-state index is 15.3. The van der Waals surface area contributed by atoms with E-state index in [0.29, 0.717) is 11.5 Å². The van der Waals surface area contributed by atoms with E-state index in [0.717, 1.165) is 42.7 Å². The summed E-state index contributed by atoms with van der Waals surface area (Å²) in [6.45, 7) is 1.83. The van der Waals surface area contributed by atoms with Crippen LogP contribution in [0.2, 0.25) is 0 Å². The third-order valence-corrected chi connectivity index (χ3v) is 7.88. The summed E-state index contributed by atoms with van der Waals surface area (Å²) in [5, 5.41) is 9.97. The minimum atomic E-state index is -3.02. The number of hydrogen-bond donors (Lipinski definition) is 1. The summed E-state index contributed by atoms with van der Waals surface area (Å²) in [5.41, 5.74) is 3.54. The molecule has 1 aliphatic heterocycles. The standard InChI is InChI=1S/C30H33F2NO3/c1-35-29(36-2)22-14-16-33(17-15-22)23-10-8-21(9-11-23)28-25-13-12-24(34)18-27(25)30(31,32)19-26(28)20-6-4-3-5-7-20/h3-13,18,22,26,28-29,34H,14-17,19H2,1-2H3. The van der Waals surface area contributed by atoms with Crippen LogP contribution in [0.4, 0.5) is 14.5 Å². The van der Waals surface area contributed by atoms with Gasteiger partial charge in [0.1, 0.15) is 5.75 Å². The number of benzene rings is 3. The molecule has 0 amide bonds. The van der Waals surface area contributed by atoms with Crippen molar-refractivity contribution in [2.24, 2.45) is 5.92 Å². The van der Waals surface area contributed by atoms with Gasteiger partial charge in [-0.1, -0.05) is 48.5 Å². The zero-order valence-corrected chi connectivity index (χ0v) is 20.7. The largest absolute Gasteiger partial charge is 0.508 e. The summed E-state index contributed by atoms with van der Waals surface area (Å²) in [6, 6.07) is 22.4. The van der Waals surface area contributed by atoms with Crippen LogP contribution in [0.25, 0.3) is 0 Å². The zero-order valence-electron chi connectivity index (χ0n) is 20.7. The Kier molecular flexibility index (Phi) is 7.00. The molecule has 190 valence electrons. The Hall–Kier alpha value is -2.96. The van der Waals surface area contributed by atoms with Gasteiger partial charge in [0.25, 0.3) is 5.92 Å². The first-order valence-corrected chi connectivity index (χ1v) is 12.6. The Morgan fingerprint density at radius 2 is 1.56 bits per heavy atom. The van der Waals surface area contributed by atoms with Crippen LogP contribution in [-0.4, -0.2) is 38.7 Å². The second kappa shape index (κ2) is 10.2. The average Bonchev–Trinajstić information content (AvgIpc) is 2.90. The normalized spacial score (nSPS) is 22.0. The van der Waals surface area contributed by atoms with Crippen molar-refractivity contribution in [3.8, 4) is 5.75 Å². The van der Waals surface area contributed by atoms with Crippen molar-refractivity contribution < 1.29 is 23.4 Å². The highest BCUT2D eigenvalue weighted by Crippen LogP contribution is 2.54. The maximum Gasteiger partial charge on any atom is 0.274 e. The first kappa shape index (κ1) is 24.7. The minimum absolute atomic E-state index is 0.0725. The predicted octanol–water partition coefficient (Wildman–Crippen LogP) is 6.64. The third-order valence-electron chi connectivity index (χ3n) is 7.88. The molecule has 3 aromatic carbocycles. The number of anilines is 1. The summed E-state index contributed by atoms with van der Waals surface area (Å²) < 4.78 is 41.5. The van der Waals surface area contributed by atoms with Gasteiger partial charge in [-0.05, 0) is 53.8 Å². The molecule has 1 N–H and O–H groups in total. The Labute approximate surface area is 211 Å². The van der Waals surface area contributed by atoms with Gasteiger partial charge in [0.15, 0.2) is 6.29 Å². The molecule has 5 rings (SSSR count). The number of aromatic hydroxyl groups is 1. The number of ether oxygens (including phenoxy) is 2. The highest BCUT2D eigenvalue weighted by Gasteiger charge is 2.47. The molecular weight excluding hydrogens is 460 g/mol. The molecule has 0 saturated carbocycles. The molecule has 0 radical (unpaired) electrons. The van der Waals surface area contributed by atoms with Crippen LogP contribution >= 0.6 is 0 Å². The topological polar surface area (TPSA) is 41.9 Å². The molecule has 1 fully saturated rings. The lowest BCUT2D eigenvalue weighted by Crippen LogP contribution is -2.39. The van der Waals surface area contributed by atoms with E-state index in [4.69, 9.17) is 9.47 Å². The third kappa shape index (κ3) is 4.72. The van der Waals surface area contributed by atoms with Crippen molar-refractivity contribution in [3.05, 3.63) is 95.1 Å². The fraction of sp³-hybridized carbons (Fsp3) is 0.400. The van der Waals surface area contributed by atoms with E-state index in [2.05, 4.69) is 29.2 Å². The predicted molar refractivity (Wildman–Crippen MR) is 137 cm³/mol. The van der Waals surface area contributed by atoms with Crippen LogP contribution in [-0.2, 0) is 15.4 Å². The van der Waals surface area contributed by atoms with Crippen molar-refractivity contribution in [1.82, 2.24) is 0 Å². The number of piperidine rings is 1. The minimum Gasteiger partial charge on any atom is -0.508 e. The maximum atomic E-state index is 15.3. The quantitative estimate of drug-likeness (QED) is 0.391. The van der Waals surface area contributed by atoms with Crippen LogP contribution < -0.4 is 4.90 Å². The monoisotopic (exact) mass is 493 g/mol. The van der Waals surface area contributed by atoms with E-state index in [1.54, 1.807) is 20.3 Å². The highest BCUT2D eigenvalue weighted by molar-refractivity contribution is 5.53. The van der Waals surface area contributed by atoms with Gasteiger partial charge in [-0.3, -0.25) is 0 Å². The highest BCUT2D eigenvalue weighted by atomic mass is 19.3. The summed E-state index contributed by atoms with van der Waals surface area (Å²) in [4.78, 5) is 2.36. The molecule has 1 aliphatic carbocycles. The van der Waals surface area contributed by atoms with Crippen LogP contribution in [0.3, 0.4) is 0 Å². The number of hydrogen-bond acceptors (Lipinski definition) is 4. The first-order valence-electron chi connectivity index (χ1n) is 12.6. The number of halogens is 2. The number of nitrogens with zero attached hydrogens (tertiary/aromatic N) is 1. The Morgan fingerprint density at radius 1 is 0.889 bits per heavy atom. The van der Waals surface area contributed by atoms with Crippen LogP contribution in [0.1, 0.15) is 53.4 Å². The number of fused-ring (bicyclic) bond motifs is 1. The molecule has 36 heavy (non-hydrogen) atoms. The van der Waals surface area contributed by atoms with E-state index < -0.39 is 5.92 Å². The molecule has 1 saturated heterocycles. The Bertz CT molecular complexity index is 1160. The fourth-order valence-electron chi connectivity index (χ4n) is 6.08. The van der Waals surface area contributed by atoms with Crippen molar-refractivity contribution >= 4 is 5.69 Å². The Morgan fingerprint density at radius 3 is 2.19 bits per heavy atom. The van der Waals surface area contributed by atoms with E-state index in [-0.39, 0.29) is 35.9 Å². The molecule has 0 bridgehead atoms. The molecule has 6 heteroatoms. The smallest absolute Gasteiger partial charge is 0.274 e. The molecule has 0 aromatic heterocycles. The number of phenols is 1. The molecule has 4 nitrogen and oxygen atoms in total. The van der Waals surface area contributed by atoms with Gasteiger partial charge in [0.2, 0.25) is 0 Å². The van der Waals surface area contributed by atoms with Gasteiger partial charge in [-0.25, -0.2) is 8.78 Å². The summed E-state index contributed by atoms with van der Waals surface area (Å²) >= 11 is 0. The van der Waals surface area contributed by atoms with Crippen molar-refractivity contribution in [3.63, 3.8) is 0 Å². The number of alkyl halides is 2. The molecule has 2 atom stereocenters. The number of phenolic OH excluding ortho intramolecular Hbond substituents is 1. The molecular formula is C30H33F2NO3. The van der Waals surface area contributed by atoms with Gasteiger partial charge >= 0.3 is 0 Å². The van der Waals surface area contributed by atoms with E-state index in [9.17, 15) is 5.11 Å². The average molecular weight is 494 g/mol. The van der Waals surface area contributed by atoms with Gasteiger partial charge in [0.05, 0.1) is 0 Å². The number of rotatable bonds is 6. The fourth-order valence-corrected chi connectivity index (χ4v) is 6.08. The Balaban J connectivity index is 1.45. The molecule has 2 aliphatic rings. The van der Waals surface area contributed by atoms with E-state index >= 15 is 8.78 Å². The van der Waals surface area contributed by atoms with Crippen LogP contribution in [0.15, 0.2) is 72.8 Å². The number of methoxy groups -OCH3 is 2. The van der Waals surface area contributed by atoms with Crippen LogP contribution in [0, 0.1) is 5.92 Å².